The first-order valence-corrected chi connectivity index (χ1v) is 9.57. The Kier molecular flexibility index (Phi) is 6.43. The van der Waals surface area contributed by atoms with Crippen molar-refractivity contribution in [1.82, 2.24) is 5.32 Å². The van der Waals surface area contributed by atoms with Crippen molar-refractivity contribution in [3.05, 3.63) is 59.9 Å². The first kappa shape index (κ1) is 19.7. The van der Waals surface area contributed by atoms with Gasteiger partial charge in [0.05, 0.1) is 16.6 Å². The molecular formula is C18H22ClFN2O2S. The number of rotatable bonds is 5. The molecular weight excluding hydrogens is 363 g/mol. The van der Waals surface area contributed by atoms with Crippen LogP contribution in [0.5, 0.6) is 0 Å². The molecule has 4 nitrogen and oxygen atoms in total. The maximum absolute atomic E-state index is 14.3. The molecule has 2 aromatic carbocycles. The normalized spacial score (nSPS) is 18.3. The molecule has 1 unspecified atom stereocenters. The average Bonchev–Trinajstić information content (AvgIpc) is 2.56. The summed E-state index contributed by atoms with van der Waals surface area (Å²) < 4.78 is 41.8. The van der Waals surface area contributed by atoms with Crippen molar-refractivity contribution in [3.8, 4) is 0 Å². The van der Waals surface area contributed by atoms with E-state index in [0.29, 0.717) is 18.5 Å². The molecule has 2 aromatic rings. The third-order valence-electron chi connectivity index (χ3n) is 4.36. The van der Waals surface area contributed by atoms with Crippen LogP contribution in [-0.2, 0) is 16.4 Å². The molecule has 0 amide bonds. The maximum atomic E-state index is 14.3. The summed E-state index contributed by atoms with van der Waals surface area (Å²) in [5.41, 5.74) is 1.57. The highest BCUT2D eigenvalue weighted by atomic mass is 35.5. The lowest BCUT2D eigenvalue weighted by atomic mass is 10.0. The van der Waals surface area contributed by atoms with E-state index in [0.717, 1.165) is 18.5 Å². The van der Waals surface area contributed by atoms with E-state index in [9.17, 15) is 12.8 Å². The summed E-state index contributed by atoms with van der Waals surface area (Å²) in [7, 11) is -1.82. The van der Waals surface area contributed by atoms with Gasteiger partial charge in [-0.2, -0.15) is 0 Å². The van der Waals surface area contributed by atoms with Gasteiger partial charge in [-0.15, -0.1) is 12.4 Å². The molecule has 0 radical (unpaired) electrons. The average molecular weight is 385 g/mol. The van der Waals surface area contributed by atoms with Gasteiger partial charge in [-0.1, -0.05) is 30.3 Å². The van der Waals surface area contributed by atoms with E-state index in [1.165, 1.54) is 16.4 Å². The second kappa shape index (κ2) is 8.17. The molecule has 0 fully saturated rings. The predicted molar refractivity (Wildman–Crippen MR) is 102 cm³/mol. The third-order valence-corrected chi connectivity index (χ3v) is 6.51. The summed E-state index contributed by atoms with van der Waals surface area (Å²) >= 11 is 0. The van der Waals surface area contributed by atoms with Crippen LogP contribution in [0.1, 0.15) is 18.4 Å². The standard InChI is InChI=1S/C18H21FN2O2S.ClH/c1-20-12-6-8-15-13-14-7-2-4-10-17(14)21(24(15,22)23)18-11-5-3-9-16(18)19;/h2-5,7,9-11,15,20H,6,8,12-13H2,1H3;1H. The number of para-hydroxylation sites is 2. The fraction of sp³-hybridized carbons (Fsp3) is 0.333. The van der Waals surface area contributed by atoms with Gasteiger partial charge in [0.15, 0.2) is 0 Å². The molecule has 7 heteroatoms. The van der Waals surface area contributed by atoms with Crippen molar-refractivity contribution in [2.45, 2.75) is 24.5 Å². The zero-order valence-electron chi connectivity index (χ0n) is 14.0. The third kappa shape index (κ3) is 3.81. The number of hydrogen-bond acceptors (Lipinski definition) is 3. The summed E-state index contributed by atoms with van der Waals surface area (Å²) in [6.45, 7) is 0.757. The Morgan fingerprint density at radius 1 is 1.12 bits per heavy atom. The highest BCUT2D eigenvalue weighted by Crippen LogP contribution is 2.40. The monoisotopic (exact) mass is 384 g/mol. The van der Waals surface area contributed by atoms with Crippen LogP contribution in [0.3, 0.4) is 0 Å². The number of nitrogens with zero attached hydrogens (tertiary/aromatic N) is 1. The van der Waals surface area contributed by atoms with Crippen molar-refractivity contribution < 1.29 is 12.8 Å². The minimum Gasteiger partial charge on any atom is -0.320 e. The molecule has 1 heterocycles. The maximum Gasteiger partial charge on any atom is 0.242 e. The van der Waals surface area contributed by atoms with Crippen LogP contribution in [0.25, 0.3) is 0 Å². The van der Waals surface area contributed by atoms with Gasteiger partial charge in [-0.3, -0.25) is 0 Å². The molecule has 0 saturated heterocycles. The van der Waals surface area contributed by atoms with Gasteiger partial charge in [-0.25, -0.2) is 17.1 Å². The highest BCUT2D eigenvalue weighted by molar-refractivity contribution is 7.93. The van der Waals surface area contributed by atoms with Gasteiger partial charge >= 0.3 is 0 Å². The summed E-state index contributed by atoms with van der Waals surface area (Å²) in [4.78, 5) is 0. The Balaban J connectivity index is 0.00000225. The van der Waals surface area contributed by atoms with Gasteiger partial charge in [0.25, 0.3) is 0 Å². The Hall–Kier alpha value is -1.63. The number of sulfonamides is 1. The van der Waals surface area contributed by atoms with Crippen molar-refractivity contribution in [2.24, 2.45) is 0 Å². The summed E-state index contributed by atoms with van der Waals surface area (Å²) in [6.07, 6.45) is 1.77. The fourth-order valence-corrected chi connectivity index (χ4v) is 5.19. The molecule has 1 atom stereocenters. The van der Waals surface area contributed by atoms with Crippen LogP contribution in [0.4, 0.5) is 15.8 Å². The van der Waals surface area contributed by atoms with Crippen molar-refractivity contribution in [3.63, 3.8) is 0 Å². The minimum absolute atomic E-state index is 0. The van der Waals surface area contributed by atoms with E-state index in [1.807, 2.05) is 19.2 Å². The van der Waals surface area contributed by atoms with Gasteiger partial charge < -0.3 is 5.32 Å². The van der Waals surface area contributed by atoms with E-state index in [4.69, 9.17) is 0 Å². The molecule has 0 bridgehead atoms. The smallest absolute Gasteiger partial charge is 0.242 e. The van der Waals surface area contributed by atoms with Crippen molar-refractivity contribution in [1.29, 1.82) is 0 Å². The largest absolute Gasteiger partial charge is 0.320 e. The van der Waals surface area contributed by atoms with Crippen LogP contribution in [0.15, 0.2) is 48.5 Å². The predicted octanol–water partition coefficient (Wildman–Crippen LogP) is 3.64. The van der Waals surface area contributed by atoms with Crippen LogP contribution < -0.4 is 9.62 Å². The van der Waals surface area contributed by atoms with Crippen LogP contribution in [0.2, 0.25) is 0 Å². The van der Waals surface area contributed by atoms with Crippen molar-refractivity contribution >= 4 is 33.8 Å². The number of benzene rings is 2. The highest BCUT2D eigenvalue weighted by Gasteiger charge is 2.39. The number of hydrogen-bond donors (Lipinski definition) is 1. The molecule has 0 aliphatic carbocycles. The molecule has 0 spiro atoms. The Morgan fingerprint density at radius 3 is 2.44 bits per heavy atom. The topological polar surface area (TPSA) is 49.4 Å². The molecule has 25 heavy (non-hydrogen) atoms. The lowest BCUT2D eigenvalue weighted by Gasteiger charge is -2.35. The zero-order chi connectivity index (χ0) is 17.2. The number of halogens is 2. The van der Waals surface area contributed by atoms with E-state index in [1.54, 1.807) is 24.3 Å². The minimum atomic E-state index is -3.67. The number of nitrogens with one attached hydrogen (secondary N) is 1. The summed E-state index contributed by atoms with van der Waals surface area (Å²) in [5.74, 6) is -0.535. The Bertz CT molecular complexity index is 829. The van der Waals surface area contributed by atoms with Crippen molar-refractivity contribution in [2.75, 3.05) is 17.9 Å². The van der Waals surface area contributed by atoms with Gasteiger partial charge in [0.2, 0.25) is 10.0 Å². The van der Waals surface area contributed by atoms with E-state index in [2.05, 4.69) is 5.32 Å². The molecule has 1 N–H and O–H groups in total. The van der Waals surface area contributed by atoms with Crippen LogP contribution in [-0.4, -0.2) is 27.3 Å². The number of fused-ring (bicyclic) bond motifs is 1. The molecule has 0 aromatic heterocycles. The molecule has 136 valence electrons. The van der Waals surface area contributed by atoms with Crippen LogP contribution in [0, 0.1) is 5.82 Å². The quantitative estimate of drug-likeness (QED) is 0.800. The van der Waals surface area contributed by atoms with E-state index >= 15 is 0 Å². The molecule has 0 saturated carbocycles. The van der Waals surface area contributed by atoms with Gasteiger partial charge in [0.1, 0.15) is 5.82 Å². The molecule has 1 aliphatic heterocycles. The lowest BCUT2D eigenvalue weighted by Crippen LogP contribution is -2.42. The molecule has 1 aliphatic rings. The summed E-state index contributed by atoms with van der Waals surface area (Å²) in [6, 6.07) is 13.3. The fourth-order valence-electron chi connectivity index (χ4n) is 3.16. The van der Waals surface area contributed by atoms with Crippen LogP contribution >= 0.6 is 12.4 Å². The molecule has 3 rings (SSSR count). The van der Waals surface area contributed by atoms with Gasteiger partial charge in [-0.05, 0) is 56.6 Å². The van der Waals surface area contributed by atoms with E-state index in [-0.39, 0.29) is 18.1 Å². The summed E-state index contributed by atoms with van der Waals surface area (Å²) in [5, 5.41) is 2.50. The number of anilines is 2. The SMILES string of the molecule is CNCCCC1Cc2ccccc2N(c2ccccc2F)S1(=O)=O.Cl. The second-order valence-corrected chi connectivity index (χ2v) is 8.02. The van der Waals surface area contributed by atoms with E-state index < -0.39 is 21.1 Å². The first-order valence-electron chi connectivity index (χ1n) is 8.07. The zero-order valence-corrected chi connectivity index (χ0v) is 15.6. The van der Waals surface area contributed by atoms with Gasteiger partial charge in [0, 0.05) is 0 Å². The second-order valence-electron chi connectivity index (χ2n) is 5.96. The lowest BCUT2D eigenvalue weighted by molar-refractivity contribution is 0.552. The Labute approximate surface area is 154 Å². The Morgan fingerprint density at radius 2 is 1.76 bits per heavy atom. The first-order chi connectivity index (χ1) is 11.6.